The fourth-order valence-electron chi connectivity index (χ4n) is 1.96. The molecule has 128 valence electrons. The summed E-state index contributed by atoms with van der Waals surface area (Å²) >= 11 is 1.07. The molecule has 0 unspecified atom stereocenters. The van der Waals surface area contributed by atoms with E-state index >= 15 is 0 Å². The van der Waals surface area contributed by atoms with Gasteiger partial charge in [0.1, 0.15) is 12.1 Å². The summed E-state index contributed by atoms with van der Waals surface area (Å²) in [4.78, 5) is 25.9. The number of ether oxygens (including phenoxy) is 1. The standard InChI is InChI=1S/C16H20N4O3S/c1-3-11(2)13(17)14(21)20(15-19-18-10-24-15)16(22)23-9-12-7-5-4-6-8-12/h4-8,10-11,13H,3,9,17H2,1-2H3/t11-,13-/m0/s1. The van der Waals surface area contributed by atoms with Gasteiger partial charge in [0.15, 0.2) is 0 Å². The highest BCUT2D eigenvalue weighted by molar-refractivity contribution is 7.13. The summed E-state index contributed by atoms with van der Waals surface area (Å²) in [5.74, 6) is -0.617. The van der Waals surface area contributed by atoms with Crippen LogP contribution in [-0.4, -0.2) is 28.2 Å². The van der Waals surface area contributed by atoms with E-state index in [9.17, 15) is 9.59 Å². The van der Waals surface area contributed by atoms with Crippen LogP contribution >= 0.6 is 11.3 Å². The summed E-state index contributed by atoms with van der Waals surface area (Å²) in [5.41, 5.74) is 8.24. The first-order chi connectivity index (χ1) is 11.5. The van der Waals surface area contributed by atoms with Crippen molar-refractivity contribution in [3.63, 3.8) is 0 Å². The van der Waals surface area contributed by atoms with Crippen molar-refractivity contribution in [2.75, 3.05) is 4.90 Å². The van der Waals surface area contributed by atoms with Crippen LogP contribution in [0.25, 0.3) is 0 Å². The summed E-state index contributed by atoms with van der Waals surface area (Å²) in [7, 11) is 0. The predicted octanol–water partition coefficient (Wildman–Crippen LogP) is 2.58. The molecule has 1 heterocycles. The molecule has 0 aliphatic rings. The number of nitrogens with two attached hydrogens (primary N) is 1. The number of hydrogen-bond acceptors (Lipinski definition) is 7. The zero-order valence-corrected chi connectivity index (χ0v) is 14.4. The number of amides is 2. The number of benzene rings is 1. The normalized spacial score (nSPS) is 13.1. The fraction of sp³-hybridized carbons (Fsp3) is 0.375. The second-order valence-electron chi connectivity index (χ2n) is 5.35. The highest BCUT2D eigenvalue weighted by Crippen LogP contribution is 2.20. The van der Waals surface area contributed by atoms with E-state index in [1.165, 1.54) is 5.51 Å². The summed E-state index contributed by atoms with van der Waals surface area (Å²) in [6.07, 6.45) is -0.0880. The third-order valence-corrected chi connectivity index (χ3v) is 4.36. The Morgan fingerprint density at radius 3 is 2.62 bits per heavy atom. The highest BCUT2D eigenvalue weighted by atomic mass is 32.1. The SMILES string of the molecule is CC[C@H](C)[C@H](N)C(=O)N(C(=O)OCc1ccccc1)c1nncs1. The largest absolute Gasteiger partial charge is 0.444 e. The molecule has 7 nitrogen and oxygen atoms in total. The summed E-state index contributed by atoms with van der Waals surface area (Å²) in [6.45, 7) is 3.85. The summed E-state index contributed by atoms with van der Waals surface area (Å²) < 4.78 is 5.25. The molecule has 0 radical (unpaired) electrons. The molecule has 24 heavy (non-hydrogen) atoms. The van der Waals surface area contributed by atoms with E-state index in [0.29, 0.717) is 0 Å². The van der Waals surface area contributed by atoms with Crippen LogP contribution in [0, 0.1) is 5.92 Å². The van der Waals surface area contributed by atoms with Crippen LogP contribution in [0.1, 0.15) is 25.8 Å². The predicted molar refractivity (Wildman–Crippen MR) is 91.5 cm³/mol. The van der Waals surface area contributed by atoms with Crippen molar-refractivity contribution in [1.82, 2.24) is 10.2 Å². The number of carbonyl (C=O) groups is 2. The topological polar surface area (TPSA) is 98.4 Å². The Kier molecular flexibility index (Phi) is 6.39. The number of imide groups is 1. The fourth-order valence-corrected chi connectivity index (χ4v) is 2.51. The average Bonchev–Trinajstić information content (AvgIpc) is 3.13. The van der Waals surface area contributed by atoms with Crippen LogP contribution in [0.5, 0.6) is 0 Å². The van der Waals surface area contributed by atoms with E-state index in [4.69, 9.17) is 10.5 Å². The third-order valence-electron chi connectivity index (χ3n) is 3.69. The van der Waals surface area contributed by atoms with Crippen LogP contribution in [0.3, 0.4) is 0 Å². The maximum atomic E-state index is 12.6. The molecule has 0 aliphatic heterocycles. The van der Waals surface area contributed by atoms with Crippen LogP contribution in [0.4, 0.5) is 9.93 Å². The molecule has 0 aliphatic carbocycles. The van der Waals surface area contributed by atoms with E-state index in [1.54, 1.807) is 0 Å². The van der Waals surface area contributed by atoms with Gasteiger partial charge >= 0.3 is 6.09 Å². The molecule has 0 saturated heterocycles. The summed E-state index contributed by atoms with van der Waals surface area (Å²) in [5, 5.41) is 7.62. The van der Waals surface area contributed by atoms with Gasteiger partial charge in [-0.3, -0.25) is 4.79 Å². The minimum atomic E-state index is -0.817. The van der Waals surface area contributed by atoms with Crippen LogP contribution < -0.4 is 10.6 Å². The number of carbonyl (C=O) groups excluding carboxylic acids is 2. The Balaban J connectivity index is 2.14. The van der Waals surface area contributed by atoms with Crippen molar-refractivity contribution in [2.24, 2.45) is 11.7 Å². The van der Waals surface area contributed by atoms with Gasteiger partial charge in [-0.1, -0.05) is 61.9 Å². The maximum absolute atomic E-state index is 12.6. The molecule has 2 N–H and O–H groups in total. The lowest BCUT2D eigenvalue weighted by Gasteiger charge is -2.23. The minimum Gasteiger partial charge on any atom is -0.444 e. The van der Waals surface area contributed by atoms with Gasteiger partial charge in [0, 0.05) is 0 Å². The lowest BCUT2D eigenvalue weighted by molar-refractivity contribution is -0.120. The van der Waals surface area contributed by atoms with Gasteiger partial charge < -0.3 is 10.5 Å². The Morgan fingerprint density at radius 1 is 1.33 bits per heavy atom. The van der Waals surface area contributed by atoms with Crippen molar-refractivity contribution >= 4 is 28.5 Å². The lowest BCUT2D eigenvalue weighted by atomic mass is 9.99. The molecular weight excluding hydrogens is 328 g/mol. The molecule has 1 aromatic carbocycles. The van der Waals surface area contributed by atoms with Crippen molar-refractivity contribution in [3.05, 3.63) is 41.4 Å². The van der Waals surface area contributed by atoms with Crippen molar-refractivity contribution in [3.8, 4) is 0 Å². The zero-order chi connectivity index (χ0) is 17.5. The highest BCUT2D eigenvalue weighted by Gasteiger charge is 2.33. The van der Waals surface area contributed by atoms with E-state index in [2.05, 4.69) is 10.2 Å². The van der Waals surface area contributed by atoms with Crippen LogP contribution in [0.15, 0.2) is 35.8 Å². The first-order valence-corrected chi connectivity index (χ1v) is 8.49. The van der Waals surface area contributed by atoms with Gasteiger partial charge in [-0.2, -0.15) is 4.90 Å². The molecule has 2 aromatic rings. The molecule has 0 bridgehead atoms. The van der Waals surface area contributed by atoms with Gasteiger partial charge in [-0.05, 0) is 11.5 Å². The molecule has 0 fully saturated rings. The van der Waals surface area contributed by atoms with Crippen molar-refractivity contribution in [1.29, 1.82) is 0 Å². The van der Waals surface area contributed by atoms with E-state index < -0.39 is 18.0 Å². The minimum absolute atomic E-state index is 0.0564. The maximum Gasteiger partial charge on any atom is 0.423 e. The van der Waals surface area contributed by atoms with Crippen molar-refractivity contribution in [2.45, 2.75) is 32.9 Å². The molecule has 2 amide bonds. The monoisotopic (exact) mass is 348 g/mol. The second-order valence-corrected chi connectivity index (χ2v) is 6.16. The Hall–Kier alpha value is -2.32. The van der Waals surface area contributed by atoms with Gasteiger partial charge in [-0.15, -0.1) is 10.2 Å². The zero-order valence-electron chi connectivity index (χ0n) is 13.6. The third kappa shape index (κ3) is 4.36. The number of nitrogens with zero attached hydrogens (tertiary/aromatic N) is 3. The quantitative estimate of drug-likeness (QED) is 0.861. The van der Waals surface area contributed by atoms with Gasteiger partial charge in [-0.25, -0.2) is 4.79 Å². The van der Waals surface area contributed by atoms with Gasteiger partial charge in [0.2, 0.25) is 5.13 Å². The smallest absolute Gasteiger partial charge is 0.423 e. The van der Waals surface area contributed by atoms with Crippen molar-refractivity contribution < 1.29 is 14.3 Å². The summed E-state index contributed by atoms with van der Waals surface area (Å²) in [6, 6.07) is 8.40. The van der Waals surface area contributed by atoms with Gasteiger partial charge in [0.05, 0.1) is 6.04 Å². The lowest BCUT2D eigenvalue weighted by Crippen LogP contribution is -2.50. The average molecular weight is 348 g/mol. The Morgan fingerprint density at radius 2 is 2.04 bits per heavy atom. The molecule has 2 rings (SSSR count). The van der Waals surface area contributed by atoms with Crippen LogP contribution in [-0.2, 0) is 16.1 Å². The first-order valence-electron chi connectivity index (χ1n) is 7.61. The number of aromatic nitrogens is 2. The number of hydrogen-bond donors (Lipinski definition) is 1. The van der Waals surface area contributed by atoms with Gasteiger partial charge in [0.25, 0.3) is 5.91 Å². The molecule has 8 heteroatoms. The Labute approximate surface area is 144 Å². The van der Waals surface area contributed by atoms with E-state index in [1.807, 2.05) is 44.2 Å². The molecule has 0 saturated carbocycles. The van der Waals surface area contributed by atoms with E-state index in [0.717, 1.165) is 28.2 Å². The Bertz CT molecular complexity index is 663. The molecular formula is C16H20N4O3S. The van der Waals surface area contributed by atoms with E-state index in [-0.39, 0.29) is 17.7 Å². The van der Waals surface area contributed by atoms with Crippen LogP contribution in [0.2, 0.25) is 0 Å². The molecule has 0 spiro atoms. The number of rotatable bonds is 6. The molecule has 2 atom stereocenters. The first kappa shape index (κ1) is 18.0. The number of anilines is 1. The molecule has 1 aromatic heterocycles. The second kappa shape index (κ2) is 8.51.